The van der Waals surface area contributed by atoms with Crippen molar-refractivity contribution in [3.8, 4) is 0 Å². The van der Waals surface area contributed by atoms with Crippen LogP contribution < -0.4 is 58.2 Å². The fourth-order valence-corrected chi connectivity index (χ4v) is 1.08. The van der Waals surface area contributed by atoms with E-state index in [0.29, 0.717) is 5.69 Å². The molecule has 1 rings (SSSR count). The molecule has 0 bridgehead atoms. The number of ether oxygens (including phenoxy) is 1. The maximum absolute atomic E-state index is 11.4. The number of hydrogen-bond donors (Lipinski definition) is 0. The summed E-state index contributed by atoms with van der Waals surface area (Å²) in [6.45, 7) is 7.39. The van der Waals surface area contributed by atoms with Crippen molar-refractivity contribution in [3.05, 3.63) is 35.6 Å². The average molecular weight is 350 g/mol. The molecule has 5 heteroatoms. The quantitative estimate of drug-likeness (QED) is 0.751. The number of para-hydroxylation sites is 1. The summed E-state index contributed by atoms with van der Waals surface area (Å²) in [6.07, 6.45) is 0. The second kappa shape index (κ2) is 14.1. The van der Waals surface area contributed by atoms with Gasteiger partial charge in [-0.2, -0.15) is 0 Å². The van der Waals surface area contributed by atoms with Crippen molar-refractivity contribution in [2.45, 2.75) is 27.7 Å². The van der Waals surface area contributed by atoms with E-state index >= 15 is 0 Å². The molecule has 1 amide bonds. The Morgan fingerprint density at radius 2 is 1.65 bits per heavy atom. The molecule has 106 valence electrons. The normalized spacial score (nSPS) is 9.05. The van der Waals surface area contributed by atoms with E-state index in [1.54, 1.807) is 38.1 Å². The Kier molecular flexibility index (Phi) is 15.8. The predicted octanol–water partition coefficient (Wildman–Crippen LogP) is 0.490. The molecule has 1 aromatic rings. The smallest absolute Gasteiger partial charge is 0.625 e. The monoisotopic (exact) mass is 349 g/mol. The first-order valence-corrected chi connectivity index (χ1v) is 6.49. The van der Waals surface area contributed by atoms with Crippen LogP contribution in [0.5, 0.6) is 0 Å². The molecule has 0 fully saturated rings. The Bertz CT molecular complexity index is 380. The number of rotatable bonds is 6. The van der Waals surface area contributed by atoms with Gasteiger partial charge in [0, 0.05) is 5.92 Å². The van der Waals surface area contributed by atoms with E-state index in [2.05, 4.69) is 5.32 Å². The number of carbonyl (C=O) groups is 2. The summed E-state index contributed by atoms with van der Waals surface area (Å²) < 4.78 is 5.00. The number of Topliss-reactive ketones (excluding diaryl/α,β-unsaturated/α-hetero) is 1. The Morgan fingerprint density at radius 1 is 1.10 bits per heavy atom. The molecule has 0 radical (unpaired) electrons. The summed E-state index contributed by atoms with van der Waals surface area (Å²) in [4.78, 5) is 22.6. The molecule has 4 nitrogen and oxygen atoms in total. The molecule has 0 spiro atoms. The number of nitrogens with zero attached hydrogens (tertiary/aromatic N) is 1. The van der Waals surface area contributed by atoms with Gasteiger partial charge in [0.05, 0.1) is 12.5 Å². The zero-order chi connectivity index (χ0) is 14.7. The van der Waals surface area contributed by atoms with Gasteiger partial charge >= 0.3 is 58.2 Å². The largest absolute Gasteiger partial charge is 1.00 e. The summed E-state index contributed by atoms with van der Waals surface area (Å²) in [5, 5.41) is 3.83. The zero-order valence-electron chi connectivity index (χ0n) is 13.1. The van der Waals surface area contributed by atoms with Crippen molar-refractivity contribution in [1.29, 1.82) is 0 Å². The van der Waals surface area contributed by atoms with E-state index in [0.717, 1.165) is 0 Å². The van der Waals surface area contributed by atoms with Crippen LogP contribution in [0.15, 0.2) is 30.3 Å². The minimum atomic E-state index is -0.382. The molecule has 0 aliphatic heterocycles. The predicted molar refractivity (Wildman–Crippen MR) is 76.5 cm³/mol. The van der Waals surface area contributed by atoms with Gasteiger partial charge < -0.3 is 14.8 Å². The van der Waals surface area contributed by atoms with Gasteiger partial charge in [-0.1, -0.05) is 58.0 Å². The van der Waals surface area contributed by atoms with Crippen LogP contribution in [0, 0.1) is 5.92 Å². The van der Waals surface area contributed by atoms with E-state index < -0.39 is 0 Å². The van der Waals surface area contributed by atoms with Crippen LogP contribution in [-0.2, 0) is 14.3 Å². The van der Waals surface area contributed by atoms with Crippen molar-refractivity contribution in [2.75, 3.05) is 13.2 Å². The molecular weight excluding hydrogens is 328 g/mol. The summed E-state index contributed by atoms with van der Waals surface area (Å²) in [5.74, 6) is -0.471. The molecular formula is C15H22NO3Rb. The third kappa shape index (κ3) is 10.9. The summed E-state index contributed by atoms with van der Waals surface area (Å²) in [5.41, 5.74) is 0.594. The maximum Gasteiger partial charge on any atom is 1.00 e. The Hall–Kier alpha value is 0.125. The third-order valence-electron chi connectivity index (χ3n) is 2.12. The number of benzene rings is 1. The van der Waals surface area contributed by atoms with E-state index in [-0.39, 0.29) is 89.0 Å². The SMILES string of the molecule is CC.CC(C)C(=O)COCC(=O)[N-]c1ccccc1.[Rb+]. The van der Waals surface area contributed by atoms with Gasteiger partial charge in [0.25, 0.3) is 0 Å². The van der Waals surface area contributed by atoms with Gasteiger partial charge in [-0.25, -0.2) is 0 Å². The van der Waals surface area contributed by atoms with Gasteiger partial charge in [0.1, 0.15) is 6.61 Å². The van der Waals surface area contributed by atoms with E-state index in [9.17, 15) is 9.59 Å². The van der Waals surface area contributed by atoms with Crippen LogP contribution >= 0.6 is 0 Å². The molecule has 20 heavy (non-hydrogen) atoms. The van der Waals surface area contributed by atoms with Crippen molar-refractivity contribution in [1.82, 2.24) is 0 Å². The van der Waals surface area contributed by atoms with Crippen molar-refractivity contribution in [2.24, 2.45) is 5.92 Å². The second-order valence-electron chi connectivity index (χ2n) is 3.95. The fourth-order valence-electron chi connectivity index (χ4n) is 1.08. The zero-order valence-corrected chi connectivity index (χ0v) is 18.0. The maximum atomic E-state index is 11.4. The first-order chi connectivity index (χ1) is 9.09. The van der Waals surface area contributed by atoms with Gasteiger partial charge in [-0.15, -0.1) is 5.69 Å². The molecule has 0 aliphatic rings. The van der Waals surface area contributed by atoms with Gasteiger partial charge in [-0.3, -0.25) is 4.79 Å². The van der Waals surface area contributed by atoms with Crippen molar-refractivity contribution < 1.29 is 72.5 Å². The molecule has 0 unspecified atom stereocenters. The van der Waals surface area contributed by atoms with E-state index in [1.165, 1.54) is 0 Å². The Labute approximate surface area is 170 Å². The van der Waals surface area contributed by atoms with Gasteiger partial charge in [0.15, 0.2) is 5.78 Å². The number of hydrogen-bond acceptors (Lipinski definition) is 3. The molecule has 0 N–H and O–H groups in total. The average Bonchev–Trinajstić information content (AvgIpc) is 2.42. The molecule has 0 atom stereocenters. The van der Waals surface area contributed by atoms with Crippen molar-refractivity contribution in [3.63, 3.8) is 0 Å². The molecule has 0 saturated carbocycles. The minimum absolute atomic E-state index is 0. The summed E-state index contributed by atoms with van der Waals surface area (Å²) in [6, 6.07) is 8.92. The van der Waals surface area contributed by atoms with E-state index in [1.807, 2.05) is 19.9 Å². The van der Waals surface area contributed by atoms with Crippen LogP contribution in [0.2, 0.25) is 0 Å². The molecule has 0 saturated heterocycles. The van der Waals surface area contributed by atoms with Crippen LogP contribution in [-0.4, -0.2) is 24.9 Å². The molecule has 0 aromatic heterocycles. The fraction of sp³-hybridized carbons (Fsp3) is 0.467. The molecule has 1 aromatic carbocycles. The Morgan fingerprint density at radius 3 is 2.15 bits per heavy atom. The Balaban J connectivity index is 0. The van der Waals surface area contributed by atoms with Crippen LogP contribution in [0.4, 0.5) is 5.69 Å². The first kappa shape index (κ1) is 22.4. The first-order valence-electron chi connectivity index (χ1n) is 6.49. The standard InChI is InChI=1S/C13H17NO3.C2H6.Rb/c1-10(2)12(15)8-17-9-13(16)14-11-6-4-3-5-7-11;1-2;/h3-7,10H,8-9H2,1-2H3,(H,14,16);1-2H3;/q;;+1/p-1. The summed E-state index contributed by atoms with van der Waals surface area (Å²) >= 11 is 0. The van der Waals surface area contributed by atoms with Gasteiger partial charge in [-0.05, 0) is 0 Å². The second-order valence-corrected chi connectivity index (χ2v) is 3.95. The van der Waals surface area contributed by atoms with Crippen LogP contribution in [0.25, 0.3) is 5.32 Å². The van der Waals surface area contributed by atoms with Crippen LogP contribution in [0.1, 0.15) is 27.7 Å². The summed E-state index contributed by atoms with van der Waals surface area (Å²) in [7, 11) is 0. The van der Waals surface area contributed by atoms with E-state index in [4.69, 9.17) is 4.74 Å². The topological polar surface area (TPSA) is 57.5 Å². The third-order valence-corrected chi connectivity index (χ3v) is 2.12. The number of ketones is 1. The van der Waals surface area contributed by atoms with Gasteiger partial charge in [0.2, 0.25) is 0 Å². The van der Waals surface area contributed by atoms with Crippen LogP contribution in [0.3, 0.4) is 0 Å². The molecule has 0 aliphatic carbocycles. The number of amides is 1. The molecule has 0 heterocycles. The minimum Gasteiger partial charge on any atom is -0.625 e. The van der Waals surface area contributed by atoms with Crippen molar-refractivity contribution >= 4 is 17.4 Å². The number of carbonyl (C=O) groups excluding carboxylic acids is 2.